The van der Waals surface area contributed by atoms with Crippen LogP contribution in [0, 0.1) is 28.7 Å². The third-order valence-corrected chi connectivity index (χ3v) is 3.63. The van der Waals surface area contributed by atoms with E-state index >= 15 is 0 Å². The first-order valence-corrected chi connectivity index (χ1v) is 5.01. The summed E-state index contributed by atoms with van der Waals surface area (Å²) in [6.07, 6.45) is 3.03. The molecule has 0 amide bonds. The summed E-state index contributed by atoms with van der Waals surface area (Å²) in [5, 5.41) is 8.66. The van der Waals surface area contributed by atoms with Crippen molar-refractivity contribution in [2.45, 2.75) is 27.2 Å². The highest BCUT2D eigenvalue weighted by Crippen LogP contribution is 2.51. The first-order valence-electron chi connectivity index (χ1n) is 5.01. The number of hydrogen-bond acceptors (Lipinski definition) is 3. The Morgan fingerprint density at radius 3 is 2.57 bits per heavy atom. The minimum atomic E-state index is 0.0664. The molecule has 0 aromatic heterocycles. The van der Waals surface area contributed by atoms with Crippen molar-refractivity contribution in [3.05, 3.63) is 0 Å². The summed E-state index contributed by atoms with van der Waals surface area (Å²) in [5.41, 5.74) is 0.0664. The Labute approximate surface area is 85.7 Å². The van der Waals surface area contributed by atoms with E-state index in [9.17, 15) is 4.79 Å². The van der Waals surface area contributed by atoms with Crippen LogP contribution >= 0.6 is 0 Å². The number of hydrogen-bond donors (Lipinski definition) is 0. The molecule has 1 fully saturated rings. The Morgan fingerprint density at radius 1 is 1.64 bits per heavy atom. The van der Waals surface area contributed by atoms with Crippen LogP contribution in [-0.2, 0) is 4.79 Å². The fourth-order valence-corrected chi connectivity index (χ4v) is 2.39. The lowest BCUT2D eigenvalue weighted by Gasteiger charge is -2.51. The van der Waals surface area contributed by atoms with Crippen molar-refractivity contribution in [1.29, 1.82) is 5.26 Å². The van der Waals surface area contributed by atoms with E-state index in [4.69, 9.17) is 5.26 Å². The van der Waals surface area contributed by atoms with Gasteiger partial charge in [0.05, 0.1) is 0 Å². The van der Waals surface area contributed by atoms with Gasteiger partial charge in [-0.2, -0.15) is 5.26 Å². The lowest BCUT2D eigenvalue weighted by molar-refractivity contribution is -0.136. The number of rotatable bonds is 3. The Morgan fingerprint density at radius 2 is 2.21 bits per heavy atom. The van der Waals surface area contributed by atoms with Crippen molar-refractivity contribution in [3.8, 4) is 6.19 Å². The van der Waals surface area contributed by atoms with Gasteiger partial charge in [0.1, 0.15) is 5.78 Å². The first kappa shape index (κ1) is 11.0. The van der Waals surface area contributed by atoms with Crippen LogP contribution in [0.25, 0.3) is 0 Å². The standard InChI is InChI=1S/C11H18N2O/c1-8(14)10-5-9(11(10,2)3)6-13(4)7-12/h9-10H,5-6H2,1-4H3/t9-,10+/m0/s1. The Balaban J connectivity index is 2.56. The van der Waals surface area contributed by atoms with Gasteiger partial charge in [0.15, 0.2) is 6.19 Å². The fraction of sp³-hybridized carbons (Fsp3) is 0.818. The molecule has 1 rings (SSSR count). The molecule has 2 atom stereocenters. The van der Waals surface area contributed by atoms with Gasteiger partial charge in [0, 0.05) is 19.5 Å². The van der Waals surface area contributed by atoms with Crippen LogP contribution in [-0.4, -0.2) is 24.3 Å². The Bertz CT molecular complexity index is 278. The summed E-state index contributed by atoms with van der Waals surface area (Å²) in [4.78, 5) is 12.9. The maximum Gasteiger partial charge on any atom is 0.179 e. The van der Waals surface area contributed by atoms with Gasteiger partial charge in [-0.3, -0.25) is 4.79 Å². The van der Waals surface area contributed by atoms with Gasteiger partial charge < -0.3 is 4.90 Å². The molecule has 1 aliphatic rings. The number of nitriles is 1. The molecule has 0 heterocycles. The van der Waals surface area contributed by atoms with Gasteiger partial charge in [-0.15, -0.1) is 0 Å². The van der Waals surface area contributed by atoms with Gasteiger partial charge in [0.2, 0.25) is 0 Å². The second-order valence-corrected chi connectivity index (χ2v) is 4.90. The predicted octanol–water partition coefficient (Wildman–Crippen LogP) is 1.65. The number of carbonyl (C=O) groups excluding carboxylic acids is 1. The van der Waals surface area contributed by atoms with E-state index in [-0.39, 0.29) is 17.1 Å². The maximum atomic E-state index is 11.3. The first-order chi connectivity index (χ1) is 6.39. The smallest absolute Gasteiger partial charge is 0.179 e. The molecule has 0 N–H and O–H groups in total. The van der Waals surface area contributed by atoms with E-state index in [2.05, 4.69) is 20.0 Å². The quantitative estimate of drug-likeness (QED) is 0.507. The molecule has 0 spiro atoms. The molecule has 1 aliphatic carbocycles. The zero-order chi connectivity index (χ0) is 10.9. The van der Waals surface area contributed by atoms with Gasteiger partial charge in [-0.05, 0) is 24.7 Å². The molecular weight excluding hydrogens is 176 g/mol. The van der Waals surface area contributed by atoms with E-state index in [1.54, 1.807) is 18.9 Å². The number of nitrogens with zero attached hydrogens (tertiary/aromatic N) is 2. The highest BCUT2D eigenvalue weighted by molar-refractivity contribution is 5.80. The normalized spacial score (nSPS) is 28.8. The summed E-state index contributed by atoms with van der Waals surface area (Å²) in [6.45, 7) is 6.68. The summed E-state index contributed by atoms with van der Waals surface area (Å²) in [6, 6.07) is 0. The second kappa shape index (κ2) is 3.61. The molecule has 0 saturated heterocycles. The third kappa shape index (κ3) is 1.75. The molecule has 3 heteroatoms. The van der Waals surface area contributed by atoms with Gasteiger partial charge in [0.25, 0.3) is 0 Å². The average Bonchev–Trinajstić information content (AvgIpc) is 2.10. The zero-order valence-corrected chi connectivity index (χ0v) is 9.37. The summed E-state index contributed by atoms with van der Waals surface area (Å²) >= 11 is 0. The van der Waals surface area contributed by atoms with E-state index in [0.717, 1.165) is 13.0 Å². The fourth-order valence-electron chi connectivity index (χ4n) is 2.39. The molecule has 0 aliphatic heterocycles. The van der Waals surface area contributed by atoms with Crippen LogP contribution in [0.5, 0.6) is 0 Å². The molecule has 1 saturated carbocycles. The summed E-state index contributed by atoms with van der Waals surface area (Å²) in [7, 11) is 1.79. The highest BCUT2D eigenvalue weighted by Gasteiger charge is 2.50. The van der Waals surface area contributed by atoms with Crippen LogP contribution in [0.15, 0.2) is 0 Å². The number of carbonyl (C=O) groups is 1. The van der Waals surface area contributed by atoms with Crippen LogP contribution in [0.2, 0.25) is 0 Å². The largest absolute Gasteiger partial charge is 0.313 e. The van der Waals surface area contributed by atoms with Gasteiger partial charge in [-0.1, -0.05) is 13.8 Å². The van der Waals surface area contributed by atoms with Crippen molar-refractivity contribution in [2.24, 2.45) is 17.3 Å². The van der Waals surface area contributed by atoms with E-state index in [0.29, 0.717) is 5.92 Å². The van der Waals surface area contributed by atoms with Crippen LogP contribution in [0.1, 0.15) is 27.2 Å². The molecule has 14 heavy (non-hydrogen) atoms. The number of Topliss-reactive ketones (excluding diaryl/α,β-unsaturated/α-hetero) is 1. The van der Waals surface area contributed by atoms with Gasteiger partial charge in [-0.25, -0.2) is 0 Å². The third-order valence-electron chi connectivity index (χ3n) is 3.63. The maximum absolute atomic E-state index is 11.3. The monoisotopic (exact) mass is 194 g/mol. The molecular formula is C11H18N2O. The van der Waals surface area contributed by atoms with E-state index in [1.807, 2.05) is 0 Å². The highest BCUT2D eigenvalue weighted by atomic mass is 16.1. The predicted molar refractivity (Wildman–Crippen MR) is 54.3 cm³/mol. The Kier molecular flexibility index (Phi) is 2.84. The lowest BCUT2D eigenvalue weighted by atomic mass is 9.53. The SMILES string of the molecule is CC(=O)[C@H]1C[C@@H](CN(C)C#N)C1(C)C. The van der Waals surface area contributed by atoms with E-state index < -0.39 is 0 Å². The van der Waals surface area contributed by atoms with Crippen molar-refractivity contribution in [1.82, 2.24) is 4.90 Å². The average molecular weight is 194 g/mol. The molecule has 3 nitrogen and oxygen atoms in total. The molecule has 0 aromatic rings. The summed E-state index contributed by atoms with van der Waals surface area (Å²) in [5.74, 6) is 0.950. The minimum Gasteiger partial charge on any atom is -0.313 e. The zero-order valence-electron chi connectivity index (χ0n) is 9.37. The number of ketones is 1. The summed E-state index contributed by atoms with van der Waals surface area (Å²) < 4.78 is 0. The van der Waals surface area contributed by atoms with Crippen molar-refractivity contribution in [2.75, 3.05) is 13.6 Å². The van der Waals surface area contributed by atoms with Crippen LogP contribution < -0.4 is 0 Å². The molecule has 0 radical (unpaired) electrons. The molecule has 0 bridgehead atoms. The van der Waals surface area contributed by atoms with E-state index in [1.165, 1.54) is 0 Å². The van der Waals surface area contributed by atoms with Crippen LogP contribution in [0.4, 0.5) is 0 Å². The minimum absolute atomic E-state index is 0.0664. The lowest BCUT2D eigenvalue weighted by Crippen LogP contribution is -2.51. The second-order valence-electron chi connectivity index (χ2n) is 4.90. The Hall–Kier alpha value is -1.04. The molecule has 0 unspecified atom stereocenters. The van der Waals surface area contributed by atoms with Crippen LogP contribution in [0.3, 0.4) is 0 Å². The van der Waals surface area contributed by atoms with Crippen molar-refractivity contribution >= 4 is 5.78 Å². The van der Waals surface area contributed by atoms with Crippen molar-refractivity contribution < 1.29 is 4.79 Å². The van der Waals surface area contributed by atoms with Crippen molar-refractivity contribution in [3.63, 3.8) is 0 Å². The van der Waals surface area contributed by atoms with Gasteiger partial charge >= 0.3 is 0 Å². The molecule has 78 valence electrons. The molecule has 0 aromatic carbocycles. The topological polar surface area (TPSA) is 44.1 Å².